The first-order valence-corrected chi connectivity index (χ1v) is 17.2. The maximum absolute atomic E-state index is 2.48. The zero-order valence-corrected chi connectivity index (χ0v) is 27.9. The Hall–Kier alpha value is -5.46. The molecule has 0 aromatic heterocycles. The lowest BCUT2D eigenvalue weighted by Gasteiger charge is -2.23. The first-order chi connectivity index (χ1) is 23.3. The van der Waals surface area contributed by atoms with Gasteiger partial charge >= 0.3 is 0 Å². The van der Waals surface area contributed by atoms with Crippen molar-refractivity contribution in [1.29, 1.82) is 0 Å². The maximum atomic E-state index is 2.48. The zero-order chi connectivity index (χ0) is 32.4. The highest BCUT2D eigenvalue weighted by atomic mass is 14.4. The summed E-state index contributed by atoms with van der Waals surface area (Å²) in [7, 11) is 0. The Labute approximate surface area is 282 Å². The van der Waals surface area contributed by atoms with Crippen LogP contribution in [0, 0.1) is 0 Å². The lowest BCUT2D eigenvalue weighted by atomic mass is 9.80. The van der Waals surface area contributed by atoms with Gasteiger partial charge in [0.1, 0.15) is 0 Å². The van der Waals surface area contributed by atoms with Gasteiger partial charge in [-0.15, -0.1) is 0 Å². The quantitative estimate of drug-likeness (QED) is 0.170. The second-order valence-electron chi connectivity index (χ2n) is 14.9. The van der Waals surface area contributed by atoms with E-state index < -0.39 is 0 Å². The molecule has 228 valence electrons. The second kappa shape index (κ2) is 9.55. The average molecular weight is 613 g/mol. The topological polar surface area (TPSA) is 0 Å². The summed E-state index contributed by atoms with van der Waals surface area (Å²) in [5, 5.41) is 7.82. The Balaban J connectivity index is 1.24. The lowest BCUT2D eigenvalue weighted by Crippen LogP contribution is -2.14. The molecule has 0 saturated carbocycles. The summed E-state index contributed by atoms with van der Waals surface area (Å²) in [6, 6.07) is 55.0. The van der Waals surface area contributed by atoms with E-state index in [-0.39, 0.29) is 10.8 Å². The van der Waals surface area contributed by atoms with Crippen molar-refractivity contribution in [2.24, 2.45) is 0 Å². The lowest BCUT2D eigenvalue weighted by molar-refractivity contribution is 0.660. The predicted octanol–water partition coefficient (Wildman–Crippen LogP) is 13.1. The zero-order valence-electron chi connectivity index (χ0n) is 27.9. The Morgan fingerprint density at radius 2 is 0.792 bits per heavy atom. The molecule has 0 heterocycles. The Morgan fingerprint density at radius 3 is 1.48 bits per heavy atom. The van der Waals surface area contributed by atoms with Gasteiger partial charge in [0.25, 0.3) is 0 Å². The van der Waals surface area contributed by atoms with Crippen molar-refractivity contribution in [3.63, 3.8) is 0 Å². The van der Waals surface area contributed by atoms with E-state index >= 15 is 0 Å². The van der Waals surface area contributed by atoms with Crippen molar-refractivity contribution in [3.05, 3.63) is 168 Å². The third kappa shape index (κ3) is 3.55. The smallest absolute Gasteiger partial charge is 0.0159 e. The molecule has 0 atom stereocenters. The normalized spacial score (nSPS) is 15.0. The standard InChI is InChI=1S/C48H36/c1-47(2)41-25-23-30(27-39(41)46-32-14-6-5-13-29(32)22-26-42(46)47)44-35-16-7-9-18-37(35)45(38-19-10-8-17-36(38)44)31-21-24-34-33-15-11-12-20-40(33)48(3,4)43(34)28-31/h5-28H,1-4H3. The molecule has 0 saturated heterocycles. The van der Waals surface area contributed by atoms with Gasteiger partial charge in [-0.2, -0.15) is 0 Å². The molecule has 2 aliphatic rings. The number of rotatable bonds is 2. The van der Waals surface area contributed by atoms with Gasteiger partial charge in [0.2, 0.25) is 0 Å². The van der Waals surface area contributed by atoms with E-state index in [2.05, 4.69) is 173 Å². The van der Waals surface area contributed by atoms with Crippen LogP contribution in [0.5, 0.6) is 0 Å². The van der Waals surface area contributed by atoms with Crippen molar-refractivity contribution < 1.29 is 0 Å². The van der Waals surface area contributed by atoms with Crippen LogP contribution < -0.4 is 0 Å². The van der Waals surface area contributed by atoms with Crippen molar-refractivity contribution in [2.75, 3.05) is 0 Å². The Bertz CT molecular complexity index is 2610. The fourth-order valence-corrected chi connectivity index (χ4v) is 9.29. The summed E-state index contributed by atoms with van der Waals surface area (Å²) in [6.45, 7) is 9.50. The minimum Gasteiger partial charge on any atom is -0.0619 e. The van der Waals surface area contributed by atoms with E-state index in [1.165, 1.54) is 99.1 Å². The van der Waals surface area contributed by atoms with Crippen molar-refractivity contribution in [2.45, 2.75) is 38.5 Å². The van der Waals surface area contributed by atoms with E-state index in [1.807, 2.05) is 0 Å². The highest BCUT2D eigenvalue weighted by Crippen LogP contribution is 2.54. The molecule has 8 aromatic rings. The van der Waals surface area contributed by atoms with Gasteiger partial charge in [-0.1, -0.05) is 161 Å². The first kappa shape index (κ1) is 27.6. The first-order valence-electron chi connectivity index (χ1n) is 17.2. The molecule has 10 rings (SSSR count). The highest BCUT2D eigenvalue weighted by molar-refractivity contribution is 6.22. The van der Waals surface area contributed by atoms with E-state index in [4.69, 9.17) is 0 Å². The van der Waals surface area contributed by atoms with Crippen LogP contribution in [-0.2, 0) is 10.8 Å². The number of hydrogen-bond acceptors (Lipinski definition) is 0. The summed E-state index contributed by atoms with van der Waals surface area (Å²) in [5.41, 5.74) is 16.2. The van der Waals surface area contributed by atoms with Crippen LogP contribution in [0.4, 0.5) is 0 Å². The largest absolute Gasteiger partial charge is 0.0619 e. The van der Waals surface area contributed by atoms with Crippen molar-refractivity contribution >= 4 is 32.3 Å². The summed E-state index contributed by atoms with van der Waals surface area (Å²) in [5.74, 6) is 0. The molecule has 0 spiro atoms. The van der Waals surface area contributed by atoms with Crippen LogP contribution in [0.25, 0.3) is 76.8 Å². The van der Waals surface area contributed by atoms with Gasteiger partial charge in [-0.05, 0) is 111 Å². The third-order valence-electron chi connectivity index (χ3n) is 11.7. The van der Waals surface area contributed by atoms with E-state index in [1.54, 1.807) is 0 Å². The van der Waals surface area contributed by atoms with Crippen LogP contribution in [0.3, 0.4) is 0 Å². The molecular weight excluding hydrogens is 577 g/mol. The molecular formula is C48H36. The average Bonchev–Trinajstić information content (AvgIpc) is 3.49. The van der Waals surface area contributed by atoms with Crippen molar-refractivity contribution in [3.8, 4) is 44.5 Å². The number of benzene rings is 8. The fraction of sp³-hybridized carbons (Fsp3) is 0.125. The molecule has 0 fully saturated rings. The summed E-state index contributed by atoms with van der Waals surface area (Å²) < 4.78 is 0. The molecule has 0 bridgehead atoms. The Kier molecular flexibility index (Phi) is 5.50. The van der Waals surface area contributed by atoms with Crippen LogP contribution in [0.15, 0.2) is 146 Å². The molecule has 0 radical (unpaired) electrons. The SMILES string of the molecule is CC1(C)c2ccccc2-c2ccc(-c3c4ccccc4c(-c4ccc5c(c4)-c4c(ccc6ccccc46)C5(C)C)c4ccccc34)cc21. The molecule has 2 aliphatic carbocycles. The Morgan fingerprint density at radius 1 is 0.312 bits per heavy atom. The molecule has 0 heteroatoms. The number of hydrogen-bond donors (Lipinski definition) is 0. The molecule has 0 aliphatic heterocycles. The minimum absolute atomic E-state index is 0.0495. The molecule has 0 amide bonds. The third-order valence-corrected chi connectivity index (χ3v) is 11.7. The van der Waals surface area contributed by atoms with Crippen LogP contribution >= 0.6 is 0 Å². The van der Waals surface area contributed by atoms with Crippen LogP contribution in [0.2, 0.25) is 0 Å². The number of fused-ring (bicyclic) bond motifs is 10. The van der Waals surface area contributed by atoms with Gasteiger partial charge in [-0.3, -0.25) is 0 Å². The van der Waals surface area contributed by atoms with Gasteiger partial charge in [0, 0.05) is 10.8 Å². The van der Waals surface area contributed by atoms with Crippen molar-refractivity contribution in [1.82, 2.24) is 0 Å². The molecule has 0 unspecified atom stereocenters. The minimum atomic E-state index is -0.0533. The maximum Gasteiger partial charge on any atom is 0.0159 e. The molecule has 0 nitrogen and oxygen atoms in total. The predicted molar refractivity (Wildman–Crippen MR) is 205 cm³/mol. The van der Waals surface area contributed by atoms with Gasteiger partial charge in [0.05, 0.1) is 0 Å². The fourth-order valence-electron chi connectivity index (χ4n) is 9.29. The summed E-state index contributed by atoms with van der Waals surface area (Å²) >= 11 is 0. The molecule has 0 N–H and O–H groups in total. The second-order valence-corrected chi connectivity index (χ2v) is 14.9. The van der Waals surface area contributed by atoms with Gasteiger partial charge < -0.3 is 0 Å². The van der Waals surface area contributed by atoms with Gasteiger partial charge in [-0.25, -0.2) is 0 Å². The van der Waals surface area contributed by atoms with Crippen LogP contribution in [-0.4, -0.2) is 0 Å². The van der Waals surface area contributed by atoms with E-state index in [0.29, 0.717) is 0 Å². The molecule has 48 heavy (non-hydrogen) atoms. The van der Waals surface area contributed by atoms with Crippen LogP contribution in [0.1, 0.15) is 49.9 Å². The summed E-state index contributed by atoms with van der Waals surface area (Å²) in [6.07, 6.45) is 0. The van der Waals surface area contributed by atoms with Gasteiger partial charge in [0.15, 0.2) is 0 Å². The van der Waals surface area contributed by atoms with E-state index in [0.717, 1.165) is 0 Å². The summed E-state index contributed by atoms with van der Waals surface area (Å²) in [4.78, 5) is 0. The highest BCUT2D eigenvalue weighted by Gasteiger charge is 2.37. The monoisotopic (exact) mass is 612 g/mol. The van der Waals surface area contributed by atoms with E-state index in [9.17, 15) is 0 Å². The molecule has 8 aromatic carbocycles.